The predicted molar refractivity (Wildman–Crippen MR) is 80.1 cm³/mol. The molecule has 0 aliphatic rings. The van der Waals surface area contributed by atoms with E-state index < -0.39 is 10.0 Å². The lowest BCUT2D eigenvalue weighted by Gasteiger charge is -2.02. The average Bonchev–Trinajstić information content (AvgIpc) is 2.37. The minimum atomic E-state index is -3.65. The molecule has 0 spiro atoms. The second-order valence-electron chi connectivity index (χ2n) is 4.03. The van der Waals surface area contributed by atoms with Gasteiger partial charge in [0, 0.05) is 10.7 Å². The minimum absolute atomic E-state index is 0.237. The van der Waals surface area contributed by atoms with E-state index in [1.54, 1.807) is 43.3 Å². The smallest absolute Gasteiger partial charge is 0.199 e. The van der Waals surface area contributed by atoms with Crippen LogP contribution >= 0.6 is 15.9 Å². The standard InChI is InChI=1S/C14H12BrNO2S/c1-11-5-2-3-8-14(11)19(17,18)16-10-12-6-4-7-13(15)9-12/h2-10H,1H3. The molecule has 0 amide bonds. The lowest BCUT2D eigenvalue weighted by molar-refractivity contribution is 0.597. The summed E-state index contributed by atoms with van der Waals surface area (Å²) in [6.45, 7) is 1.75. The van der Waals surface area contributed by atoms with Gasteiger partial charge in [0.25, 0.3) is 10.0 Å². The van der Waals surface area contributed by atoms with Crippen LogP contribution in [0.2, 0.25) is 0 Å². The first kappa shape index (κ1) is 14.0. The summed E-state index contributed by atoms with van der Waals surface area (Å²) in [5.74, 6) is 0. The van der Waals surface area contributed by atoms with Crippen LogP contribution in [-0.2, 0) is 10.0 Å². The highest BCUT2D eigenvalue weighted by Gasteiger charge is 2.13. The summed E-state index contributed by atoms with van der Waals surface area (Å²) in [4.78, 5) is 0.237. The monoisotopic (exact) mass is 337 g/mol. The van der Waals surface area contributed by atoms with E-state index in [0.717, 1.165) is 10.0 Å². The van der Waals surface area contributed by atoms with E-state index in [2.05, 4.69) is 20.3 Å². The van der Waals surface area contributed by atoms with Crippen molar-refractivity contribution in [2.24, 2.45) is 4.40 Å². The molecule has 0 aromatic heterocycles. The first-order valence-corrected chi connectivity index (χ1v) is 7.84. The summed E-state index contributed by atoms with van der Waals surface area (Å²) in [7, 11) is -3.65. The van der Waals surface area contributed by atoms with Crippen LogP contribution in [0, 0.1) is 6.92 Å². The van der Waals surface area contributed by atoms with Gasteiger partial charge in [0.05, 0.1) is 4.90 Å². The third-order valence-corrected chi connectivity index (χ3v) is 4.45. The van der Waals surface area contributed by atoms with Crippen molar-refractivity contribution in [2.75, 3.05) is 0 Å². The highest BCUT2D eigenvalue weighted by molar-refractivity contribution is 9.10. The van der Waals surface area contributed by atoms with Crippen LogP contribution in [0.3, 0.4) is 0 Å². The van der Waals surface area contributed by atoms with Crippen LogP contribution in [0.1, 0.15) is 11.1 Å². The van der Waals surface area contributed by atoms with Crippen LogP contribution in [0.4, 0.5) is 0 Å². The van der Waals surface area contributed by atoms with Gasteiger partial charge in [0.15, 0.2) is 0 Å². The maximum Gasteiger partial charge on any atom is 0.282 e. The molecule has 3 nitrogen and oxygen atoms in total. The zero-order valence-electron chi connectivity index (χ0n) is 10.2. The van der Waals surface area contributed by atoms with E-state index >= 15 is 0 Å². The lowest BCUT2D eigenvalue weighted by atomic mass is 10.2. The number of benzene rings is 2. The molecule has 0 aliphatic heterocycles. The Kier molecular flexibility index (Phi) is 4.17. The fourth-order valence-electron chi connectivity index (χ4n) is 1.62. The van der Waals surface area contributed by atoms with E-state index in [0.29, 0.717) is 5.56 Å². The highest BCUT2D eigenvalue weighted by Crippen LogP contribution is 2.17. The fourth-order valence-corrected chi connectivity index (χ4v) is 3.14. The molecule has 0 saturated heterocycles. The first-order valence-electron chi connectivity index (χ1n) is 5.60. The third-order valence-electron chi connectivity index (χ3n) is 2.56. The predicted octanol–water partition coefficient (Wildman–Crippen LogP) is 3.57. The van der Waals surface area contributed by atoms with Gasteiger partial charge in [0.1, 0.15) is 0 Å². The number of hydrogen-bond acceptors (Lipinski definition) is 2. The summed E-state index contributed by atoms with van der Waals surface area (Å²) in [5.41, 5.74) is 1.42. The van der Waals surface area contributed by atoms with E-state index in [4.69, 9.17) is 0 Å². The van der Waals surface area contributed by atoms with E-state index in [-0.39, 0.29) is 4.90 Å². The molecule has 19 heavy (non-hydrogen) atoms. The molecule has 0 radical (unpaired) electrons. The molecule has 2 rings (SSSR count). The average molecular weight is 338 g/mol. The van der Waals surface area contributed by atoms with Gasteiger partial charge in [-0.05, 0) is 36.2 Å². The number of rotatable bonds is 3. The molecule has 0 unspecified atom stereocenters. The number of aryl methyl sites for hydroxylation is 1. The minimum Gasteiger partial charge on any atom is -0.199 e. The van der Waals surface area contributed by atoms with Crippen LogP contribution in [-0.4, -0.2) is 14.6 Å². The van der Waals surface area contributed by atoms with Crippen molar-refractivity contribution < 1.29 is 8.42 Å². The van der Waals surface area contributed by atoms with Crippen LogP contribution in [0.25, 0.3) is 0 Å². The van der Waals surface area contributed by atoms with E-state index in [9.17, 15) is 8.42 Å². The maximum absolute atomic E-state index is 12.1. The molecular weight excluding hydrogens is 326 g/mol. The molecular formula is C14H12BrNO2S. The Morgan fingerprint density at radius 3 is 2.53 bits per heavy atom. The lowest BCUT2D eigenvalue weighted by Crippen LogP contribution is -2.00. The molecule has 0 heterocycles. The van der Waals surface area contributed by atoms with Crippen molar-refractivity contribution in [3.63, 3.8) is 0 Å². The van der Waals surface area contributed by atoms with Gasteiger partial charge < -0.3 is 0 Å². The quantitative estimate of drug-likeness (QED) is 0.804. The number of nitrogens with zero attached hydrogens (tertiary/aromatic N) is 1. The van der Waals surface area contributed by atoms with E-state index in [1.807, 2.05) is 12.1 Å². The van der Waals surface area contributed by atoms with Crippen molar-refractivity contribution in [1.82, 2.24) is 0 Å². The molecule has 0 N–H and O–H groups in total. The third kappa shape index (κ3) is 3.52. The van der Waals surface area contributed by atoms with Crippen molar-refractivity contribution in [2.45, 2.75) is 11.8 Å². The normalized spacial score (nSPS) is 11.9. The summed E-state index contributed by atoms with van der Waals surface area (Å²) >= 11 is 3.33. The molecule has 0 fully saturated rings. The number of sulfonamides is 1. The van der Waals surface area contributed by atoms with Gasteiger partial charge in [0.2, 0.25) is 0 Å². The molecule has 98 valence electrons. The molecule has 0 bridgehead atoms. The SMILES string of the molecule is Cc1ccccc1S(=O)(=O)N=Cc1cccc(Br)c1. The topological polar surface area (TPSA) is 46.5 Å². The molecule has 2 aromatic rings. The van der Waals surface area contributed by atoms with Crippen molar-refractivity contribution in [3.8, 4) is 0 Å². The Bertz CT molecular complexity index is 724. The highest BCUT2D eigenvalue weighted by atomic mass is 79.9. The zero-order valence-corrected chi connectivity index (χ0v) is 12.6. The summed E-state index contributed by atoms with van der Waals surface area (Å²) in [6, 6.07) is 14.1. The molecule has 0 saturated carbocycles. The Hall–Kier alpha value is -1.46. The summed E-state index contributed by atoms with van der Waals surface area (Å²) in [6.07, 6.45) is 1.35. The zero-order chi connectivity index (χ0) is 13.9. The van der Waals surface area contributed by atoms with Crippen LogP contribution in [0.15, 0.2) is 62.3 Å². The number of hydrogen-bond donors (Lipinski definition) is 0. The maximum atomic E-state index is 12.1. The second-order valence-corrected chi connectivity index (χ2v) is 6.55. The van der Waals surface area contributed by atoms with Crippen LogP contribution < -0.4 is 0 Å². The Morgan fingerprint density at radius 1 is 1.11 bits per heavy atom. The van der Waals surface area contributed by atoms with Gasteiger partial charge >= 0.3 is 0 Å². The van der Waals surface area contributed by atoms with Gasteiger partial charge in [-0.15, -0.1) is 0 Å². The number of halogens is 1. The Balaban J connectivity index is 2.35. The van der Waals surface area contributed by atoms with Crippen molar-refractivity contribution >= 4 is 32.2 Å². The molecule has 0 atom stereocenters. The summed E-state index contributed by atoms with van der Waals surface area (Å²) < 4.78 is 28.8. The summed E-state index contributed by atoms with van der Waals surface area (Å²) in [5, 5.41) is 0. The van der Waals surface area contributed by atoms with Gasteiger partial charge in [-0.1, -0.05) is 46.3 Å². The molecule has 2 aromatic carbocycles. The Morgan fingerprint density at radius 2 is 1.84 bits per heavy atom. The van der Waals surface area contributed by atoms with Gasteiger partial charge in [-0.2, -0.15) is 12.8 Å². The van der Waals surface area contributed by atoms with Crippen LogP contribution in [0.5, 0.6) is 0 Å². The van der Waals surface area contributed by atoms with E-state index in [1.165, 1.54) is 6.21 Å². The molecule has 0 aliphatic carbocycles. The molecule has 5 heteroatoms. The van der Waals surface area contributed by atoms with Gasteiger partial charge in [-0.25, -0.2) is 0 Å². The van der Waals surface area contributed by atoms with Gasteiger partial charge in [-0.3, -0.25) is 0 Å². The largest absolute Gasteiger partial charge is 0.282 e. The van der Waals surface area contributed by atoms with Crippen molar-refractivity contribution in [3.05, 3.63) is 64.1 Å². The first-order chi connectivity index (χ1) is 8.99. The fraction of sp³-hybridized carbons (Fsp3) is 0.0714. The second kappa shape index (κ2) is 5.67. The van der Waals surface area contributed by atoms with Crippen molar-refractivity contribution in [1.29, 1.82) is 0 Å². The Labute approximate surface area is 121 Å².